The summed E-state index contributed by atoms with van der Waals surface area (Å²) < 4.78 is 16.5. The van der Waals surface area contributed by atoms with Gasteiger partial charge in [0.2, 0.25) is 0 Å². The van der Waals surface area contributed by atoms with Crippen LogP contribution in [0.3, 0.4) is 0 Å². The molecule has 0 aromatic rings. The van der Waals surface area contributed by atoms with Crippen LogP contribution in [0.25, 0.3) is 0 Å². The molecule has 0 radical (unpaired) electrons. The molecular weight excluding hydrogens is 228 g/mol. The highest BCUT2D eigenvalue weighted by molar-refractivity contribution is 7.80. The Balaban J connectivity index is 3.44. The molecule has 0 bridgehead atoms. The summed E-state index contributed by atoms with van der Waals surface area (Å²) in [6.45, 7) is 6.18. The number of hydrogen-bond acceptors (Lipinski definition) is 4. The Labute approximate surface area is 101 Å². The van der Waals surface area contributed by atoms with Gasteiger partial charge in [-0.25, -0.2) is 0 Å². The lowest BCUT2D eigenvalue weighted by molar-refractivity contribution is -0.0899. The summed E-state index contributed by atoms with van der Waals surface area (Å²) in [4.78, 5) is 0. The van der Waals surface area contributed by atoms with Crippen molar-refractivity contribution in [2.45, 2.75) is 39.0 Å². The van der Waals surface area contributed by atoms with E-state index in [0.717, 1.165) is 31.8 Å². The molecule has 0 aliphatic rings. The van der Waals surface area contributed by atoms with Gasteiger partial charge in [-0.1, -0.05) is 0 Å². The van der Waals surface area contributed by atoms with E-state index in [2.05, 4.69) is 12.6 Å². The van der Waals surface area contributed by atoms with Gasteiger partial charge in [0.05, 0.1) is 6.61 Å². The third kappa shape index (κ3) is 10.7. The Bertz CT molecular complexity index is 127. The summed E-state index contributed by atoms with van der Waals surface area (Å²) in [5.41, 5.74) is 0. The van der Waals surface area contributed by atoms with Gasteiger partial charge in [0.15, 0.2) is 9.76 Å². The molecule has 92 valence electrons. The molecule has 3 nitrogen and oxygen atoms in total. The number of ether oxygens (including phenoxy) is 2. The summed E-state index contributed by atoms with van der Waals surface area (Å²) in [6.07, 6.45) is 1.95. The maximum absolute atomic E-state index is 5.73. The summed E-state index contributed by atoms with van der Waals surface area (Å²) in [5.74, 6) is 0.953. The quantitative estimate of drug-likeness (QED) is 0.262. The summed E-state index contributed by atoms with van der Waals surface area (Å²) >= 11 is 4.17. The normalized spacial score (nSPS) is 13.8. The molecule has 5 heteroatoms. The fraction of sp³-hybridized carbons (Fsp3) is 1.00. The molecule has 0 heterocycles. The first-order valence-corrected chi connectivity index (χ1v) is 7.97. The molecule has 0 amide bonds. The predicted octanol–water partition coefficient (Wildman–Crippen LogP) is 1.61. The summed E-state index contributed by atoms with van der Waals surface area (Å²) in [7, 11) is -0.431. The zero-order chi connectivity index (χ0) is 11.4. The van der Waals surface area contributed by atoms with E-state index in [4.69, 9.17) is 13.9 Å². The summed E-state index contributed by atoms with van der Waals surface area (Å²) in [6, 6.07) is 1.18. The van der Waals surface area contributed by atoms with Gasteiger partial charge in [0.1, 0.15) is 6.29 Å². The zero-order valence-electron chi connectivity index (χ0n) is 9.91. The minimum atomic E-state index is -0.431. The average molecular weight is 252 g/mol. The molecule has 15 heavy (non-hydrogen) atoms. The molecule has 0 rings (SSSR count). The van der Waals surface area contributed by atoms with Gasteiger partial charge in [0.25, 0.3) is 0 Å². The van der Waals surface area contributed by atoms with Gasteiger partial charge in [-0.15, -0.1) is 0 Å². The van der Waals surface area contributed by atoms with Gasteiger partial charge in [-0.05, 0) is 32.1 Å². The summed E-state index contributed by atoms with van der Waals surface area (Å²) in [5, 5.41) is 0. The van der Waals surface area contributed by atoms with Crippen molar-refractivity contribution in [1.82, 2.24) is 0 Å². The van der Waals surface area contributed by atoms with E-state index in [1.165, 1.54) is 6.04 Å². The lowest BCUT2D eigenvalue weighted by Crippen LogP contribution is -2.21. The Kier molecular flexibility index (Phi) is 12.9. The zero-order valence-corrected chi connectivity index (χ0v) is 12.2. The lowest BCUT2D eigenvalue weighted by atomic mass is 10.4. The van der Waals surface area contributed by atoms with Crippen molar-refractivity contribution in [3.63, 3.8) is 0 Å². The van der Waals surface area contributed by atoms with Gasteiger partial charge in [0, 0.05) is 19.6 Å². The van der Waals surface area contributed by atoms with Crippen LogP contribution in [0.4, 0.5) is 0 Å². The van der Waals surface area contributed by atoms with E-state index in [1.807, 2.05) is 13.8 Å². The molecule has 0 N–H and O–H groups in total. The van der Waals surface area contributed by atoms with Crippen LogP contribution in [0.5, 0.6) is 0 Å². The van der Waals surface area contributed by atoms with Crippen molar-refractivity contribution in [2.75, 3.05) is 25.6 Å². The van der Waals surface area contributed by atoms with Crippen molar-refractivity contribution in [3.05, 3.63) is 0 Å². The molecule has 0 saturated heterocycles. The van der Waals surface area contributed by atoms with Crippen LogP contribution in [0, 0.1) is 0 Å². The van der Waals surface area contributed by atoms with Crippen LogP contribution >= 0.6 is 12.6 Å². The maximum Gasteiger partial charge on any atom is 0.165 e. The second-order valence-electron chi connectivity index (χ2n) is 3.17. The van der Waals surface area contributed by atoms with Gasteiger partial charge >= 0.3 is 0 Å². The molecule has 0 aromatic carbocycles. The minimum Gasteiger partial charge on any atom is -0.400 e. The molecule has 0 aliphatic heterocycles. The SMILES string of the molecule is CCOCCC(OCC)O[SiH2]CCCS. The van der Waals surface area contributed by atoms with Crippen LogP contribution in [0.2, 0.25) is 6.04 Å². The lowest BCUT2D eigenvalue weighted by Gasteiger charge is -2.17. The van der Waals surface area contributed by atoms with Crippen molar-refractivity contribution in [2.24, 2.45) is 0 Å². The molecule has 0 aromatic heterocycles. The molecular formula is C10H24O3SSi. The highest BCUT2D eigenvalue weighted by atomic mass is 32.1. The largest absolute Gasteiger partial charge is 0.400 e. The van der Waals surface area contributed by atoms with Crippen LogP contribution < -0.4 is 0 Å². The fourth-order valence-corrected chi connectivity index (χ4v) is 2.94. The van der Waals surface area contributed by atoms with E-state index in [1.54, 1.807) is 0 Å². The van der Waals surface area contributed by atoms with E-state index in [9.17, 15) is 0 Å². The van der Waals surface area contributed by atoms with E-state index < -0.39 is 9.76 Å². The minimum absolute atomic E-state index is 0.0480. The number of hydrogen-bond donors (Lipinski definition) is 1. The maximum atomic E-state index is 5.73. The average Bonchev–Trinajstić information content (AvgIpc) is 2.24. The van der Waals surface area contributed by atoms with Crippen LogP contribution in [-0.4, -0.2) is 41.6 Å². The Morgan fingerprint density at radius 2 is 2.07 bits per heavy atom. The Morgan fingerprint density at radius 1 is 1.27 bits per heavy atom. The van der Waals surface area contributed by atoms with Crippen LogP contribution in [0.1, 0.15) is 26.7 Å². The Hall–Kier alpha value is 0.447. The highest BCUT2D eigenvalue weighted by Crippen LogP contribution is 2.03. The smallest absolute Gasteiger partial charge is 0.165 e. The first-order chi connectivity index (χ1) is 7.35. The molecule has 0 spiro atoms. The van der Waals surface area contributed by atoms with Crippen molar-refractivity contribution >= 4 is 22.4 Å². The van der Waals surface area contributed by atoms with Crippen molar-refractivity contribution in [1.29, 1.82) is 0 Å². The molecule has 1 atom stereocenters. The third-order valence-corrected chi connectivity index (χ3v) is 3.62. The number of rotatable bonds is 11. The van der Waals surface area contributed by atoms with E-state index in [0.29, 0.717) is 6.61 Å². The van der Waals surface area contributed by atoms with E-state index >= 15 is 0 Å². The fourth-order valence-electron chi connectivity index (χ4n) is 1.15. The van der Waals surface area contributed by atoms with Crippen molar-refractivity contribution < 1.29 is 13.9 Å². The van der Waals surface area contributed by atoms with Crippen LogP contribution in [0.15, 0.2) is 0 Å². The van der Waals surface area contributed by atoms with Gasteiger partial charge < -0.3 is 13.9 Å². The van der Waals surface area contributed by atoms with E-state index in [-0.39, 0.29) is 6.29 Å². The Morgan fingerprint density at radius 3 is 2.67 bits per heavy atom. The first kappa shape index (κ1) is 15.4. The molecule has 0 saturated carbocycles. The monoisotopic (exact) mass is 252 g/mol. The second kappa shape index (κ2) is 12.5. The van der Waals surface area contributed by atoms with Crippen molar-refractivity contribution in [3.8, 4) is 0 Å². The second-order valence-corrected chi connectivity index (χ2v) is 5.07. The molecule has 1 unspecified atom stereocenters. The molecule has 0 fully saturated rings. The predicted molar refractivity (Wildman–Crippen MR) is 69.4 cm³/mol. The van der Waals surface area contributed by atoms with Gasteiger partial charge in [-0.2, -0.15) is 12.6 Å². The first-order valence-electron chi connectivity index (χ1n) is 5.76. The van der Waals surface area contributed by atoms with Crippen LogP contribution in [-0.2, 0) is 13.9 Å². The third-order valence-electron chi connectivity index (χ3n) is 1.91. The standard InChI is InChI=1S/C10H24O3SSi/c1-3-11-7-6-10(12-4-2)13-15-9-5-8-14/h10,14H,3-9,15H2,1-2H3. The topological polar surface area (TPSA) is 27.7 Å². The number of thiol groups is 1. The van der Waals surface area contributed by atoms with Gasteiger partial charge in [-0.3, -0.25) is 0 Å². The molecule has 0 aliphatic carbocycles. The highest BCUT2D eigenvalue weighted by Gasteiger charge is 2.07.